The lowest BCUT2D eigenvalue weighted by atomic mass is 9.63. The van der Waals surface area contributed by atoms with E-state index >= 15 is 0 Å². The van der Waals surface area contributed by atoms with E-state index in [1.165, 1.54) is 0 Å². The molecule has 0 bridgehead atoms. The van der Waals surface area contributed by atoms with Gasteiger partial charge in [0.15, 0.2) is 23.0 Å². The smallest absolute Gasteiger partial charge is 0.302 e. The summed E-state index contributed by atoms with van der Waals surface area (Å²) in [5.74, 6) is -7.06. The van der Waals surface area contributed by atoms with Gasteiger partial charge < -0.3 is 25.2 Å². The highest BCUT2D eigenvalue weighted by atomic mass is 79.9. The maximum atomic E-state index is 12.4. The minimum atomic E-state index is -4.24. The normalized spacial score (nSPS) is 21.6. The van der Waals surface area contributed by atoms with E-state index in [-0.39, 0.29) is 0 Å². The van der Waals surface area contributed by atoms with Crippen LogP contribution in [-0.2, 0) is 28.7 Å². The van der Waals surface area contributed by atoms with E-state index in [1.54, 1.807) is 0 Å². The molecule has 4 N–H and O–H groups in total. The second kappa shape index (κ2) is 7.79. The molecule has 0 aromatic carbocycles. The van der Waals surface area contributed by atoms with Gasteiger partial charge in [0.1, 0.15) is 12.7 Å². The topological polar surface area (TPSA) is 176 Å². The highest BCUT2D eigenvalue weighted by Crippen LogP contribution is 2.40. The Morgan fingerprint density at radius 2 is 1.52 bits per heavy atom. The van der Waals surface area contributed by atoms with Crippen LogP contribution in [0.1, 0.15) is 33.1 Å². The van der Waals surface area contributed by atoms with Crippen molar-refractivity contribution in [2.24, 2.45) is 0 Å². The second-order valence-electron chi connectivity index (χ2n) is 4.93. The van der Waals surface area contributed by atoms with Crippen LogP contribution in [0.25, 0.3) is 0 Å². The summed E-state index contributed by atoms with van der Waals surface area (Å²) in [5.41, 5.74) is -12.3. The number of esters is 1. The molecule has 0 aromatic heterocycles. The first-order chi connectivity index (χ1) is 13.3. The molecule has 0 aliphatic heterocycles. The first kappa shape index (κ1) is 16.9. The third-order valence-electron chi connectivity index (χ3n) is 3.48. The zero-order valence-electron chi connectivity index (χ0n) is 16.7. The molecule has 0 fully saturated rings. The van der Waals surface area contributed by atoms with Crippen molar-refractivity contribution in [1.29, 1.82) is 0 Å². The van der Waals surface area contributed by atoms with E-state index in [0.29, 0.717) is 0 Å². The van der Waals surface area contributed by atoms with Crippen molar-refractivity contribution in [2.75, 3.05) is 6.61 Å². The molecule has 0 spiro atoms. The number of aliphatic hydroxyl groups is 4. The minimum absolute atomic E-state index is 0.964. The van der Waals surface area contributed by atoms with Gasteiger partial charge in [-0.15, -0.1) is 0 Å². The predicted molar refractivity (Wildman–Crippen MR) is 83.5 cm³/mol. The molecule has 4 atom stereocenters. The average Bonchev–Trinajstić information content (AvgIpc) is 2.72. The molecule has 0 saturated heterocycles. The summed E-state index contributed by atoms with van der Waals surface area (Å²) in [6, 6.07) is 0. The molecular formula is C14H19BrO10. The molecule has 0 heterocycles. The molecule has 0 aliphatic carbocycles. The summed E-state index contributed by atoms with van der Waals surface area (Å²) >= 11 is 2.13. The van der Waals surface area contributed by atoms with Crippen molar-refractivity contribution in [3.8, 4) is 0 Å². The Labute approximate surface area is 156 Å². The zero-order chi connectivity index (χ0) is 23.2. The van der Waals surface area contributed by atoms with Crippen molar-refractivity contribution in [1.82, 2.24) is 0 Å². The molecule has 25 heavy (non-hydrogen) atoms. The Hall–Kier alpha value is -1.53. The molecule has 0 rings (SSSR count). The van der Waals surface area contributed by atoms with Crippen LogP contribution in [-0.4, -0.2) is 78.0 Å². The molecule has 0 radical (unpaired) electrons. The average molecular weight is 431 g/mol. The fraction of sp³-hybridized carbons (Fsp3) is 0.643. The van der Waals surface area contributed by atoms with Gasteiger partial charge in [0.2, 0.25) is 15.9 Å². The molecule has 0 amide bonds. The fourth-order valence-corrected chi connectivity index (χ4v) is 2.57. The SMILES string of the molecule is [2H]CC(=O)OC[C@@H](O)[C@@](O)(C(=O)C[2H])[C@@](O)(C(=O)C[2H])[C@@](O)(C(=O)Br)C(=O)C[2H]. The van der Waals surface area contributed by atoms with Gasteiger partial charge >= 0.3 is 5.97 Å². The summed E-state index contributed by atoms with van der Waals surface area (Å²) in [4.78, 5) is 59.8. The second-order valence-corrected chi connectivity index (χ2v) is 5.65. The molecule has 11 heteroatoms. The van der Waals surface area contributed by atoms with Gasteiger partial charge in [-0.05, 0) is 36.6 Å². The number of halogens is 1. The Morgan fingerprint density at radius 1 is 1.00 bits per heavy atom. The Bertz CT molecular complexity index is 691. The number of aliphatic hydroxyl groups excluding tert-OH is 1. The Morgan fingerprint density at radius 3 is 1.92 bits per heavy atom. The number of rotatable bonds is 9. The number of carbonyl (C=O) groups is 5. The van der Waals surface area contributed by atoms with Gasteiger partial charge in [0.05, 0.1) is 0 Å². The van der Waals surface area contributed by atoms with E-state index in [9.17, 15) is 44.4 Å². The fourth-order valence-electron chi connectivity index (χ4n) is 2.06. The molecule has 10 nitrogen and oxygen atoms in total. The standard InChI is InChI=1S/C14H19BrO10/c1-6(16)12(22,10(20)5-25-9(4)19)14(24,8(3)18)13(23,7(2)17)11(15)21/h10,20,22-24H,5H2,1-4H3/t10-,12+,13+,14+/m1/s1/i1D,2D,3D,4D. The number of Topliss-reactive ketones (excluding diaryl/α,β-unsaturated/α-hetero) is 3. The summed E-state index contributed by atoms with van der Waals surface area (Å²) in [5, 5.41) is 42.6. The van der Waals surface area contributed by atoms with Gasteiger partial charge in [-0.2, -0.15) is 0 Å². The third kappa shape index (κ3) is 3.55. The van der Waals surface area contributed by atoms with E-state index in [1.807, 2.05) is 0 Å². The lowest BCUT2D eigenvalue weighted by molar-refractivity contribution is -0.245. The number of carbonyl (C=O) groups excluding carboxylic acids is 5. The lowest BCUT2D eigenvalue weighted by Crippen LogP contribution is -2.80. The van der Waals surface area contributed by atoms with Crippen LogP contribution in [0.15, 0.2) is 0 Å². The van der Waals surface area contributed by atoms with Crippen LogP contribution in [0.2, 0.25) is 0 Å². The van der Waals surface area contributed by atoms with Crippen LogP contribution in [0.3, 0.4) is 0 Å². The van der Waals surface area contributed by atoms with Gasteiger partial charge in [-0.25, -0.2) is 0 Å². The van der Waals surface area contributed by atoms with Crippen LogP contribution in [0, 0.1) is 0 Å². The molecule has 0 aromatic rings. The maximum absolute atomic E-state index is 12.4. The lowest BCUT2D eigenvalue weighted by Gasteiger charge is -2.48. The summed E-state index contributed by atoms with van der Waals surface area (Å²) < 4.78 is 30.6. The number of hydrogen-bond acceptors (Lipinski definition) is 10. The van der Waals surface area contributed by atoms with Crippen LogP contribution in [0.5, 0.6) is 0 Å². The molecule has 0 aliphatic rings. The predicted octanol–water partition coefficient (Wildman–Crippen LogP) is -2.21. The van der Waals surface area contributed by atoms with Crippen molar-refractivity contribution in [3.05, 3.63) is 0 Å². The van der Waals surface area contributed by atoms with Gasteiger partial charge in [-0.1, -0.05) is 0 Å². The Balaban J connectivity index is 6.99. The van der Waals surface area contributed by atoms with Crippen LogP contribution in [0.4, 0.5) is 0 Å². The highest BCUT2D eigenvalue weighted by molar-refractivity contribution is 9.18. The van der Waals surface area contributed by atoms with E-state index in [0.717, 1.165) is 0 Å². The quantitative estimate of drug-likeness (QED) is 0.178. The van der Waals surface area contributed by atoms with Crippen molar-refractivity contribution < 1.29 is 54.6 Å². The van der Waals surface area contributed by atoms with E-state index in [4.69, 9.17) is 5.48 Å². The largest absolute Gasteiger partial charge is 0.463 e. The van der Waals surface area contributed by atoms with Gasteiger partial charge in [0.25, 0.3) is 0 Å². The van der Waals surface area contributed by atoms with E-state index < -0.39 is 85.1 Å². The minimum Gasteiger partial charge on any atom is -0.463 e. The summed E-state index contributed by atoms with van der Waals surface area (Å²) in [7, 11) is 0. The highest BCUT2D eigenvalue weighted by Gasteiger charge is 2.74. The molecule has 0 unspecified atom stereocenters. The first-order valence-corrected chi connectivity index (χ1v) is 7.04. The maximum Gasteiger partial charge on any atom is 0.302 e. The molecular weight excluding hydrogens is 408 g/mol. The first-order valence-electron chi connectivity index (χ1n) is 9.07. The summed E-state index contributed by atoms with van der Waals surface area (Å²) in [6.45, 7) is -6.77. The zero-order valence-corrected chi connectivity index (χ0v) is 14.3. The number of ether oxygens (including phenoxy) is 1. The van der Waals surface area contributed by atoms with Crippen molar-refractivity contribution in [2.45, 2.75) is 50.5 Å². The molecule has 0 saturated carbocycles. The summed E-state index contributed by atoms with van der Waals surface area (Å²) in [6.07, 6.45) is -2.80. The molecule has 142 valence electrons. The van der Waals surface area contributed by atoms with Gasteiger partial charge in [0, 0.05) is 12.4 Å². The third-order valence-corrected chi connectivity index (χ3v) is 4.05. The van der Waals surface area contributed by atoms with Crippen molar-refractivity contribution in [3.63, 3.8) is 0 Å². The van der Waals surface area contributed by atoms with Crippen LogP contribution >= 0.6 is 15.9 Å². The number of hydrogen-bond donors (Lipinski definition) is 4. The Kier molecular flexibility index (Phi) is 5.27. The number of ketones is 3. The van der Waals surface area contributed by atoms with E-state index in [2.05, 4.69) is 20.7 Å². The van der Waals surface area contributed by atoms with Crippen LogP contribution < -0.4 is 0 Å². The van der Waals surface area contributed by atoms with Gasteiger partial charge in [-0.3, -0.25) is 24.0 Å². The van der Waals surface area contributed by atoms with Crippen molar-refractivity contribution >= 4 is 43.9 Å². The monoisotopic (exact) mass is 430 g/mol.